The summed E-state index contributed by atoms with van der Waals surface area (Å²) in [6, 6.07) is 52.3. The Labute approximate surface area is 854 Å². The molecule has 15 aromatic heterocycles. The predicted octanol–water partition coefficient (Wildman–Crippen LogP) is 31.3. The van der Waals surface area contributed by atoms with Crippen LogP contribution in [0.4, 0.5) is 0 Å². The first-order valence-corrected chi connectivity index (χ1v) is 50.8. The Morgan fingerprint density at radius 3 is 0.690 bits per heavy atom. The second-order valence-electron chi connectivity index (χ2n) is 40.3. The highest BCUT2D eigenvalue weighted by Gasteiger charge is 2.32. The number of aromatic nitrogens is 10. The molecule has 0 aliphatic rings. The molecule has 1 unspecified atom stereocenters. The standard InChI is InChI=1S/2C26H31N2O.3C25H29N2O/c2*1-8-18-13-23(28(7)14-21(18)15(2)3)24-17(6)9-10-19-20-11-12-22(16(4)5)27-26(20)29-25(19)24;3*1-7-17-13-22(27(6)14-21(17)15(3)4)23-16(5)9-11-19-20-12-10-18(8-2)26-25(20)28-24(19)23/h2*9-16H,8H2,1-7H3;3*9-15H,7-8H2,1-6H3/q5*+1/i8D2;;3D3,7D2,15D;7D2;. The molecule has 0 saturated heterocycles. The highest BCUT2D eigenvalue weighted by Crippen LogP contribution is 2.45. The van der Waals surface area contributed by atoms with E-state index >= 15 is 0 Å². The summed E-state index contributed by atoms with van der Waals surface area (Å²) in [4.78, 5) is 23.6. The van der Waals surface area contributed by atoms with Gasteiger partial charge in [-0.05, 0) is 244 Å². The van der Waals surface area contributed by atoms with Gasteiger partial charge in [0.2, 0.25) is 57.0 Å². The second-order valence-corrected chi connectivity index (χ2v) is 40.3. The van der Waals surface area contributed by atoms with Gasteiger partial charge in [0.05, 0.1) is 27.8 Å². The van der Waals surface area contributed by atoms with E-state index in [4.69, 9.17) is 50.7 Å². The van der Waals surface area contributed by atoms with Crippen LogP contribution < -0.4 is 22.8 Å². The van der Waals surface area contributed by atoms with Gasteiger partial charge in [0.25, 0.3) is 0 Å². The van der Waals surface area contributed by atoms with E-state index in [1.807, 2.05) is 64.3 Å². The van der Waals surface area contributed by atoms with Crippen molar-refractivity contribution in [3.63, 3.8) is 0 Å². The zero-order chi connectivity index (χ0) is 111. The third-order valence-corrected chi connectivity index (χ3v) is 28.5. The van der Waals surface area contributed by atoms with Crippen LogP contribution in [0, 0.1) is 34.6 Å². The maximum absolute atomic E-state index is 8.63. The van der Waals surface area contributed by atoms with E-state index < -0.39 is 31.9 Å². The Hall–Kier alpha value is -13.4. The molecule has 15 nitrogen and oxygen atoms in total. The maximum Gasteiger partial charge on any atom is 0.227 e. The lowest BCUT2D eigenvalue weighted by Crippen LogP contribution is -2.32. The number of benzene rings is 5. The van der Waals surface area contributed by atoms with Gasteiger partial charge in [-0.1, -0.05) is 213 Å². The fourth-order valence-corrected chi connectivity index (χ4v) is 20.2. The molecule has 15 heteroatoms. The molecule has 0 radical (unpaired) electrons. The van der Waals surface area contributed by atoms with Crippen molar-refractivity contribution in [2.75, 3.05) is 0 Å². The van der Waals surface area contributed by atoms with Gasteiger partial charge in [-0.25, -0.2) is 47.8 Å². The fourth-order valence-electron chi connectivity index (χ4n) is 20.2. The van der Waals surface area contributed by atoms with Gasteiger partial charge >= 0.3 is 0 Å². The first kappa shape index (κ1) is 88.7. The van der Waals surface area contributed by atoms with Crippen molar-refractivity contribution in [2.45, 2.75) is 279 Å². The van der Waals surface area contributed by atoms with Crippen molar-refractivity contribution in [3.05, 3.63) is 295 Å². The van der Waals surface area contributed by atoms with Gasteiger partial charge in [0, 0.05) is 154 Å². The molecule has 1 atom stereocenters. The lowest BCUT2D eigenvalue weighted by Gasteiger charge is -2.13. The van der Waals surface area contributed by atoms with Gasteiger partial charge in [0.1, 0.15) is 35.2 Å². The van der Waals surface area contributed by atoms with Crippen molar-refractivity contribution in [1.82, 2.24) is 24.9 Å². The largest absolute Gasteiger partial charge is 0.437 e. The molecular formula is C127H149N10O5+5. The Balaban J connectivity index is 0.000000135. The Morgan fingerprint density at radius 2 is 0.472 bits per heavy atom. The Bertz CT molecular complexity index is 8710. The highest BCUT2D eigenvalue weighted by molar-refractivity contribution is 6.13. The minimum atomic E-state index is -2.63. The van der Waals surface area contributed by atoms with Crippen LogP contribution in [0.5, 0.6) is 0 Å². The first-order valence-electron chi connectivity index (χ1n) is 55.8. The Kier molecular flexibility index (Phi) is 26.3. The van der Waals surface area contributed by atoms with Gasteiger partial charge in [-0.15, -0.1) is 0 Å². The number of hydrogen-bond acceptors (Lipinski definition) is 10. The molecule has 0 bridgehead atoms. The average Bonchev–Trinajstić information content (AvgIpc) is 1.46. The molecule has 0 amide bonds. The Morgan fingerprint density at radius 1 is 0.261 bits per heavy atom. The number of pyridine rings is 10. The van der Waals surface area contributed by atoms with Crippen molar-refractivity contribution in [1.29, 1.82) is 0 Å². The van der Waals surface area contributed by atoms with Crippen LogP contribution in [-0.4, -0.2) is 24.9 Å². The van der Waals surface area contributed by atoms with E-state index in [-0.39, 0.29) is 23.0 Å². The minimum Gasteiger partial charge on any atom is -0.437 e. The number of rotatable bonds is 20. The highest BCUT2D eigenvalue weighted by atomic mass is 16.4. The second kappa shape index (κ2) is 42.0. The molecule has 0 aliphatic heterocycles. The van der Waals surface area contributed by atoms with Gasteiger partial charge in [0.15, 0.2) is 58.9 Å². The zero-order valence-electron chi connectivity index (χ0n) is 99.3. The van der Waals surface area contributed by atoms with E-state index in [0.29, 0.717) is 52.1 Å². The summed E-state index contributed by atoms with van der Waals surface area (Å²) < 4.78 is 125. The van der Waals surface area contributed by atoms with Crippen LogP contribution in [0.1, 0.15) is 319 Å². The smallest absolute Gasteiger partial charge is 0.227 e. The summed E-state index contributed by atoms with van der Waals surface area (Å²) in [5.41, 5.74) is 37.6. The first-order chi connectivity index (χ1) is 71.5. The molecule has 0 spiro atoms. The average molecular weight is 1910 g/mol. The van der Waals surface area contributed by atoms with Crippen LogP contribution in [0.25, 0.3) is 167 Å². The van der Waals surface area contributed by atoms with E-state index in [1.165, 1.54) is 69.7 Å². The molecule has 142 heavy (non-hydrogen) atoms. The molecule has 0 N–H and O–H groups in total. The maximum atomic E-state index is 8.63. The van der Waals surface area contributed by atoms with E-state index in [9.17, 15) is 0 Å². The van der Waals surface area contributed by atoms with E-state index in [0.717, 1.165) is 215 Å². The summed E-state index contributed by atoms with van der Waals surface area (Å²) >= 11 is 0. The van der Waals surface area contributed by atoms with Crippen LogP contribution in [0.15, 0.2) is 205 Å². The van der Waals surface area contributed by atoms with Crippen molar-refractivity contribution < 1.29 is 58.6 Å². The lowest BCUT2D eigenvalue weighted by atomic mass is 9.94. The quantitative estimate of drug-likeness (QED) is 0.0675. The predicted molar refractivity (Wildman–Crippen MR) is 588 cm³/mol. The molecule has 5 aromatic carbocycles. The lowest BCUT2D eigenvalue weighted by molar-refractivity contribution is -0.661. The minimum absolute atomic E-state index is 0.134. The third kappa shape index (κ3) is 19.4. The molecule has 20 aromatic rings. The van der Waals surface area contributed by atoms with Crippen LogP contribution in [0.3, 0.4) is 0 Å². The summed E-state index contributed by atoms with van der Waals surface area (Å²) in [5.74, 6) is 0.198. The molecule has 732 valence electrons. The molecule has 15 heterocycles. The van der Waals surface area contributed by atoms with Crippen LogP contribution in [0.2, 0.25) is 0 Å². The SMILES string of the molecule is CCc1cc(-c2c(C)ccc3c2oc2nc(C(C)C)ccc23)[n+](C)cc1C(C)C.CCc1ccc2c(n1)oc1c(-c3cc(CC)c(C(C)C)c[n+]3C)c(C)ccc12.[2H]C([2H])(C)c1cc(-c2c(C)ccc3c2oc2nc(C(C)C)ccc23)[n+](C)cc1C(C)C.[2H]C([2H])(C)c1cc(-c2c(C)ccc3c2oc2nc(CC)ccc23)[n+](C)cc1C(C)C.[2H]C([2H])(C)c1cc(-c2c(C)ccc3c2oc2nc(CC)ccc23)[n+](C)cc1C([2H])(C)C([2H])([2H])[2H]. The molecule has 0 saturated carbocycles. The van der Waals surface area contributed by atoms with Crippen molar-refractivity contribution in [2.24, 2.45) is 35.2 Å². The fraction of sp³-hybridized carbons (Fsp3) is 0.370. The number of nitrogens with zero attached hydrogens (tertiary/aromatic N) is 10. The summed E-state index contributed by atoms with van der Waals surface area (Å²) in [6.07, 6.45) is 10.1. The van der Waals surface area contributed by atoms with Gasteiger partial charge in [-0.2, -0.15) is 0 Å². The van der Waals surface area contributed by atoms with Crippen LogP contribution >= 0.6 is 0 Å². The summed E-state index contributed by atoms with van der Waals surface area (Å²) in [6.45, 7) is 50.5. The topological polar surface area (TPSA) is 150 Å². The number of fused-ring (bicyclic) bond motifs is 15. The van der Waals surface area contributed by atoms with Gasteiger partial charge < -0.3 is 22.1 Å². The number of furan rings is 5. The van der Waals surface area contributed by atoms with Crippen molar-refractivity contribution in [3.8, 4) is 56.3 Å². The van der Waals surface area contributed by atoms with Crippen LogP contribution in [-0.2, 0) is 86.5 Å². The third-order valence-electron chi connectivity index (χ3n) is 28.5. The number of hydrogen-bond donors (Lipinski definition) is 0. The molecule has 20 rings (SSSR count). The summed E-state index contributed by atoms with van der Waals surface area (Å²) in [7, 11) is 10.1. The van der Waals surface area contributed by atoms with E-state index in [2.05, 4.69) is 315 Å². The van der Waals surface area contributed by atoms with Crippen molar-refractivity contribution >= 4 is 110 Å². The molecular weight excluding hydrogens is 1750 g/mol. The zero-order valence-corrected chi connectivity index (χ0v) is 89.3. The van der Waals surface area contributed by atoms with Gasteiger partial charge in [-0.3, -0.25) is 0 Å². The normalized spacial score (nSPS) is 13.8. The monoisotopic (exact) mass is 1900 g/mol. The van der Waals surface area contributed by atoms with E-state index in [1.54, 1.807) is 37.7 Å². The summed E-state index contributed by atoms with van der Waals surface area (Å²) in [5, 5.41) is 10.3. The molecule has 0 fully saturated rings. The number of aryl methyl sites for hydroxylation is 18. The molecule has 0 aliphatic carbocycles.